The van der Waals surface area contributed by atoms with Crippen molar-refractivity contribution in [2.75, 3.05) is 26.2 Å². The Morgan fingerprint density at radius 2 is 1.66 bits per heavy atom. The van der Waals surface area contributed by atoms with Gasteiger partial charge in [-0.3, -0.25) is 9.78 Å². The van der Waals surface area contributed by atoms with Crippen LogP contribution < -0.4 is 5.32 Å². The summed E-state index contributed by atoms with van der Waals surface area (Å²) in [5.41, 5.74) is 3.27. The van der Waals surface area contributed by atoms with Gasteiger partial charge in [-0.2, -0.15) is 9.21 Å². The number of urea groups is 1. The first-order chi connectivity index (χ1) is 25.4. The van der Waals surface area contributed by atoms with Gasteiger partial charge in [0, 0.05) is 44.3 Å². The Kier molecular flexibility index (Phi) is 13.3. The first-order valence-corrected chi connectivity index (χ1v) is 19.6. The van der Waals surface area contributed by atoms with E-state index in [0.717, 1.165) is 22.0 Å². The molecule has 1 aliphatic heterocycles. The quantitative estimate of drug-likeness (QED) is 0.126. The van der Waals surface area contributed by atoms with Crippen LogP contribution in [0.15, 0.2) is 101 Å². The number of nitroso groups, excluding NO2 is 1. The van der Waals surface area contributed by atoms with Crippen molar-refractivity contribution >= 4 is 32.9 Å². The zero-order valence-corrected chi connectivity index (χ0v) is 31.7. The average molecular weight is 743 g/mol. The molecule has 0 radical (unpaired) electrons. The van der Waals surface area contributed by atoms with Crippen molar-refractivity contribution < 1.29 is 23.1 Å². The third-order valence-corrected chi connectivity index (χ3v) is 11.7. The van der Waals surface area contributed by atoms with Crippen molar-refractivity contribution in [3.8, 4) is 0 Å². The van der Waals surface area contributed by atoms with Gasteiger partial charge in [-0.15, -0.1) is 0 Å². The maximum absolute atomic E-state index is 14.4. The number of fused-ring (bicyclic) bond motifs is 1. The second-order valence-corrected chi connectivity index (χ2v) is 16.2. The topological polar surface area (TPSA) is 153 Å². The van der Waals surface area contributed by atoms with Crippen LogP contribution in [0.3, 0.4) is 0 Å². The molecule has 4 atom stereocenters. The van der Waals surface area contributed by atoms with Gasteiger partial charge in [-0.25, -0.2) is 13.2 Å². The first-order valence-electron chi connectivity index (χ1n) is 18.2. The van der Waals surface area contributed by atoms with Crippen molar-refractivity contribution in [3.63, 3.8) is 0 Å². The lowest BCUT2D eigenvalue weighted by Crippen LogP contribution is -2.57. The number of aliphatic hydroxyl groups excluding tert-OH is 1. The average Bonchev–Trinajstić information content (AvgIpc) is 3.49. The standard InChI is InChI=1S/C40H50N6O6S/c1-5-29(4)38(46-21-20-44(40(46)49)26-32-15-18-35-33(22-32)12-9-19-41-35)39(48)43-36(23-30-10-7-6-8-11-30)37(47)27-45(25-28(2)3)53(51,52)34-16-13-31(14-17-34)24-42-50/h6-19,22,28-29,36-38,47H,5,20-21,23-27H2,1-4H3,(H,43,48)/t29-,36-,37+,38-/m0/s1. The molecule has 0 unspecified atom stereocenters. The summed E-state index contributed by atoms with van der Waals surface area (Å²) in [4.78, 5) is 46.8. The molecular formula is C40H50N6O6S. The van der Waals surface area contributed by atoms with E-state index in [1.54, 1.807) is 28.1 Å². The van der Waals surface area contributed by atoms with Crippen LogP contribution in [-0.4, -0.2) is 88.9 Å². The van der Waals surface area contributed by atoms with E-state index in [4.69, 9.17) is 0 Å². The lowest BCUT2D eigenvalue weighted by molar-refractivity contribution is -0.128. The van der Waals surface area contributed by atoms with Crippen molar-refractivity contribution in [2.24, 2.45) is 17.0 Å². The minimum absolute atomic E-state index is 0.0259. The van der Waals surface area contributed by atoms with Crippen molar-refractivity contribution in [1.29, 1.82) is 0 Å². The SMILES string of the molecule is CC[C@H](C)[C@@H](C(=O)N[C@@H](Cc1ccccc1)[C@H](O)CN(CC(C)C)S(=O)(=O)c1ccc(CN=O)cc1)N1CCN(Cc2ccc3ncccc3c2)C1=O. The van der Waals surface area contributed by atoms with E-state index in [2.05, 4.69) is 15.5 Å². The summed E-state index contributed by atoms with van der Waals surface area (Å²) in [6.07, 6.45) is 1.32. The van der Waals surface area contributed by atoms with E-state index in [1.807, 2.05) is 88.4 Å². The number of aromatic nitrogens is 1. The van der Waals surface area contributed by atoms with Crippen LogP contribution in [0, 0.1) is 16.7 Å². The molecule has 2 heterocycles. The number of nitrogens with zero attached hydrogens (tertiary/aromatic N) is 5. The molecule has 282 valence electrons. The summed E-state index contributed by atoms with van der Waals surface area (Å²) < 4.78 is 29.1. The van der Waals surface area contributed by atoms with Gasteiger partial charge in [0.15, 0.2) is 0 Å². The van der Waals surface area contributed by atoms with Crippen LogP contribution in [-0.2, 0) is 34.3 Å². The highest BCUT2D eigenvalue weighted by Crippen LogP contribution is 2.25. The maximum atomic E-state index is 14.4. The number of amides is 3. The van der Waals surface area contributed by atoms with Crippen LogP contribution in [0.2, 0.25) is 0 Å². The molecule has 1 fully saturated rings. The fourth-order valence-electron chi connectivity index (χ4n) is 6.80. The van der Waals surface area contributed by atoms with E-state index in [1.165, 1.54) is 16.4 Å². The third kappa shape index (κ3) is 9.83. The predicted octanol–water partition coefficient (Wildman–Crippen LogP) is 5.59. The molecule has 12 nitrogen and oxygen atoms in total. The minimum Gasteiger partial charge on any atom is -0.390 e. The fourth-order valence-corrected chi connectivity index (χ4v) is 8.43. The van der Waals surface area contributed by atoms with E-state index in [-0.39, 0.29) is 48.8 Å². The minimum atomic E-state index is -4.07. The summed E-state index contributed by atoms with van der Waals surface area (Å²) in [6, 6.07) is 23.2. The molecule has 1 saturated heterocycles. The first kappa shape index (κ1) is 39.5. The smallest absolute Gasteiger partial charge is 0.321 e. The van der Waals surface area contributed by atoms with Gasteiger partial charge in [0.2, 0.25) is 15.9 Å². The van der Waals surface area contributed by atoms with Gasteiger partial charge in [0.05, 0.1) is 22.6 Å². The molecule has 53 heavy (non-hydrogen) atoms. The van der Waals surface area contributed by atoms with Crippen molar-refractivity contribution in [1.82, 2.24) is 24.4 Å². The van der Waals surface area contributed by atoms with Crippen LogP contribution in [0.1, 0.15) is 50.8 Å². The number of rotatable bonds is 18. The molecular weight excluding hydrogens is 693 g/mol. The Hall–Kier alpha value is -4.72. The Labute approximate surface area is 312 Å². The molecule has 0 saturated carbocycles. The number of pyridine rings is 1. The van der Waals surface area contributed by atoms with E-state index in [9.17, 15) is 28.0 Å². The van der Waals surface area contributed by atoms with Crippen molar-refractivity contribution in [3.05, 3.63) is 113 Å². The van der Waals surface area contributed by atoms with E-state index in [0.29, 0.717) is 31.6 Å². The third-order valence-electron chi connectivity index (χ3n) is 9.81. The summed E-state index contributed by atoms with van der Waals surface area (Å²) in [7, 11) is -4.07. The van der Waals surface area contributed by atoms with Gasteiger partial charge in [-0.1, -0.05) is 93.9 Å². The Balaban J connectivity index is 1.37. The Morgan fingerprint density at radius 3 is 2.34 bits per heavy atom. The number of hydrogen-bond acceptors (Lipinski definition) is 8. The molecule has 4 aromatic rings. The van der Waals surface area contributed by atoms with Gasteiger partial charge in [0.25, 0.3) is 0 Å². The lowest BCUT2D eigenvalue weighted by atomic mass is 9.95. The summed E-state index contributed by atoms with van der Waals surface area (Å²) in [5.74, 6) is -0.665. The number of aliphatic hydroxyl groups is 1. The monoisotopic (exact) mass is 742 g/mol. The van der Waals surface area contributed by atoms with Gasteiger partial charge >= 0.3 is 6.03 Å². The van der Waals surface area contributed by atoms with E-state index < -0.39 is 34.1 Å². The summed E-state index contributed by atoms with van der Waals surface area (Å²) in [5, 5.41) is 18.8. The number of sulfonamides is 1. The zero-order chi connectivity index (χ0) is 38.1. The molecule has 1 aromatic heterocycles. The molecule has 0 bridgehead atoms. The number of carbonyl (C=O) groups is 2. The molecule has 5 rings (SSSR count). The lowest BCUT2D eigenvalue weighted by Gasteiger charge is -2.35. The normalized spacial score (nSPS) is 15.9. The zero-order valence-electron chi connectivity index (χ0n) is 30.8. The second-order valence-electron chi connectivity index (χ2n) is 14.3. The molecule has 3 aromatic carbocycles. The van der Waals surface area contributed by atoms with Gasteiger partial charge in [0.1, 0.15) is 12.6 Å². The predicted molar refractivity (Wildman–Crippen MR) is 205 cm³/mol. The molecule has 1 aliphatic rings. The maximum Gasteiger partial charge on any atom is 0.321 e. The summed E-state index contributed by atoms with van der Waals surface area (Å²) >= 11 is 0. The molecule has 0 aliphatic carbocycles. The van der Waals surface area contributed by atoms with Crippen LogP contribution in [0.4, 0.5) is 4.79 Å². The van der Waals surface area contributed by atoms with Gasteiger partial charge in [-0.05, 0) is 65.3 Å². The second kappa shape index (κ2) is 17.9. The number of hydrogen-bond donors (Lipinski definition) is 2. The molecule has 3 amide bonds. The highest BCUT2D eigenvalue weighted by atomic mass is 32.2. The largest absolute Gasteiger partial charge is 0.390 e. The Morgan fingerprint density at radius 1 is 0.943 bits per heavy atom. The van der Waals surface area contributed by atoms with Crippen LogP contribution in [0.5, 0.6) is 0 Å². The van der Waals surface area contributed by atoms with Crippen LogP contribution in [0.25, 0.3) is 10.9 Å². The number of carbonyl (C=O) groups excluding carboxylic acids is 2. The fraction of sp³-hybridized carbons (Fsp3) is 0.425. The molecule has 0 spiro atoms. The molecule has 2 N–H and O–H groups in total. The van der Waals surface area contributed by atoms with Gasteiger partial charge < -0.3 is 20.2 Å². The van der Waals surface area contributed by atoms with Crippen molar-refractivity contribution in [2.45, 2.75) is 76.7 Å². The van der Waals surface area contributed by atoms with E-state index >= 15 is 0 Å². The highest BCUT2D eigenvalue weighted by Gasteiger charge is 2.41. The number of benzene rings is 3. The van der Waals surface area contributed by atoms with Crippen LogP contribution >= 0.6 is 0 Å². The summed E-state index contributed by atoms with van der Waals surface area (Å²) in [6.45, 7) is 8.68. The number of nitrogens with one attached hydrogen (secondary N) is 1. The highest BCUT2D eigenvalue weighted by molar-refractivity contribution is 7.89. The Bertz CT molecular complexity index is 1960. The molecule has 13 heteroatoms.